The first-order valence-electron chi connectivity index (χ1n) is 4.75. The number of rotatable bonds is 3. The highest BCUT2D eigenvalue weighted by molar-refractivity contribution is 6.66. The largest absolute Gasteiger partial charge is 0.435 e. The van der Waals surface area contributed by atoms with Crippen LogP contribution in [-0.4, -0.2) is 15.0 Å². The van der Waals surface area contributed by atoms with Gasteiger partial charge in [-0.05, 0) is 6.42 Å². The first kappa shape index (κ1) is 14.9. The molecule has 0 fully saturated rings. The fourth-order valence-electron chi connectivity index (χ4n) is 1.25. The highest BCUT2D eigenvalue weighted by Crippen LogP contribution is 2.43. The molecule has 0 N–H and O–H groups in total. The number of alkyl halides is 6. The van der Waals surface area contributed by atoms with Crippen molar-refractivity contribution in [3.8, 4) is 0 Å². The molecule has 0 aliphatic rings. The van der Waals surface area contributed by atoms with Gasteiger partial charge in [0.2, 0.25) is 3.79 Å². The van der Waals surface area contributed by atoms with Crippen molar-refractivity contribution in [1.29, 1.82) is 0 Å². The van der Waals surface area contributed by atoms with Crippen molar-refractivity contribution in [3.63, 3.8) is 0 Å². The maximum Gasteiger partial charge on any atom is 0.435 e. The maximum absolute atomic E-state index is 12.8. The molecule has 3 nitrogen and oxygen atoms in total. The molecule has 0 aliphatic heterocycles. The Hall–Kier alpha value is -0.200. The third-order valence-electron chi connectivity index (χ3n) is 2.00. The van der Waals surface area contributed by atoms with Crippen LogP contribution in [0.15, 0.2) is 0 Å². The van der Waals surface area contributed by atoms with E-state index in [-0.39, 0.29) is 6.54 Å². The SMILES string of the molecule is CCCCn1nnc(C(Cl)(Cl)Cl)c1C(F)(F)F. The number of aryl methyl sites for hydroxylation is 1. The molecule has 1 aromatic rings. The van der Waals surface area contributed by atoms with Crippen LogP contribution >= 0.6 is 34.8 Å². The molecule has 0 amide bonds. The molecular weight excluding hydrogens is 301 g/mol. The molecule has 0 aromatic carbocycles. The Bertz CT molecular complexity index is 384. The van der Waals surface area contributed by atoms with Crippen molar-refractivity contribution in [2.75, 3.05) is 0 Å². The van der Waals surface area contributed by atoms with Crippen molar-refractivity contribution in [1.82, 2.24) is 15.0 Å². The second-order valence-corrected chi connectivity index (χ2v) is 5.64. The Morgan fingerprint density at radius 2 is 1.82 bits per heavy atom. The molecule has 98 valence electrons. The first-order valence-corrected chi connectivity index (χ1v) is 5.89. The van der Waals surface area contributed by atoms with E-state index in [2.05, 4.69) is 10.3 Å². The molecule has 1 rings (SSSR count). The monoisotopic (exact) mass is 309 g/mol. The van der Waals surface area contributed by atoms with Crippen LogP contribution < -0.4 is 0 Å². The third kappa shape index (κ3) is 3.63. The molecule has 1 heterocycles. The van der Waals surface area contributed by atoms with Gasteiger partial charge < -0.3 is 0 Å². The van der Waals surface area contributed by atoms with Crippen molar-refractivity contribution in [3.05, 3.63) is 11.4 Å². The molecule has 0 saturated carbocycles. The van der Waals surface area contributed by atoms with Crippen LogP contribution in [0.25, 0.3) is 0 Å². The van der Waals surface area contributed by atoms with E-state index in [0.717, 1.165) is 11.1 Å². The van der Waals surface area contributed by atoms with Crippen LogP contribution in [0.5, 0.6) is 0 Å². The second kappa shape index (κ2) is 5.20. The topological polar surface area (TPSA) is 30.7 Å². The van der Waals surface area contributed by atoms with Crippen LogP contribution in [0, 0.1) is 0 Å². The quantitative estimate of drug-likeness (QED) is 0.792. The zero-order chi connectivity index (χ0) is 13.3. The molecular formula is C8H9Cl3F3N3. The highest BCUT2D eigenvalue weighted by Gasteiger charge is 2.45. The lowest BCUT2D eigenvalue weighted by Crippen LogP contribution is -2.19. The summed E-state index contributed by atoms with van der Waals surface area (Å²) >= 11 is 16.3. The Morgan fingerprint density at radius 1 is 1.24 bits per heavy atom. The summed E-state index contributed by atoms with van der Waals surface area (Å²) in [7, 11) is 0. The lowest BCUT2D eigenvalue weighted by Gasteiger charge is -2.14. The standard InChI is InChI=1S/C8H9Cl3F3N3/c1-2-3-4-17-6(8(12,13)14)5(15-16-17)7(9,10)11/h2-4H2,1H3. The number of aromatic nitrogens is 3. The minimum atomic E-state index is -4.66. The summed E-state index contributed by atoms with van der Waals surface area (Å²) in [5.74, 6) is 0. The van der Waals surface area contributed by atoms with Crippen molar-refractivity contribution >= 4 is 34.8 Å². The lowest BCUT2D eigenvalue weighted by atomic mass is 10.3. The molecule has 0 bridgehead atoms. The fourth-order valence-corrected chi connectivity index (χ4v) is 1.63. The Morgan fingerprint density at radius 3 is 2.24 bits per heavy atom. The maximum atomic E-state index is 12.8. The smallest absolute Gasteiger partial charge is 0.240 e. The minimum Gasteiger partial charge on any atom is -0.240 e. The predicted octanol–water partition coefficient (Wildman–Crippen LogP) is 3.92. The van der Waals surface area contributed by atoms with E-state index < -0.39 is 21.4 Å². The van der Waals surface area contributed by atoms with Gasteiger partial charge in [-0.25, -0.2) is 4.68 Å². The van der Waals surface area contributed by atoms with Crippen LogP contribution in [-0.2, 0) is 16.5 Å². The average Bonchev–Trinajstić information content (AvgIpc) is 2.56. The van der Waals surface area contributed by atoms with Gasteiger partial charge in [-0.2, -0.15) is 13.2 Å². The molecule has 0 spiro atoms. The highest BCUT2D eigenvalue weighted by atomic mass is 35.6. The van der Waals surface area contributed by atoms with E-state index in [1.54, 1.807) is 0 Å². The third-order valence-corrected chi connectivity index (χ3v) is 2.53. The number of unbranched alkanes of at least 4 members (excludes halogenated alkanes) is 1. The van der Waals surface area contributed by atoms with Crippen molar-refractivity contribution in [2.24, 2.45) is 0 Å². The van der Waals surface area contributed by atoms with E-state index in [1.165, 1.54) is 0 Å². The van der Waals surface area contributed by atoms with Gasteiger partial charge >= 0.3 is 6.18 Å². The lowest BCUT2D eigenvalue weighted by molar-refractivity contribution is -0.144. The molecule has 1 aromatic heterocycles. The average molecular weight is 311 g/mol. The van der Waals surface area contributed by atoms with Crippen LogP contribution in [0.4, 0.5) is 13.2 Å². The molecule has 17 heavy (non-hydrogen) atoms. The molecule has 9 heteroatoms. The summed E-state index contributed by atoms with van der Waals surface area (Å²) in [6.45, 7) is 1.93. The number of hydrogen-bond donors (Lipinski definition) is 0. The van der Waals surface area contributed by atoms with Gasteiger partial charge in [0, 0.05) is 6.54 Å². The van der Waals surface area contributed by atoms with E-state index in [9.17, 15) is 13.2 Å². The fraction of sp³-hybridized carbons (Fsp3) is 0.750. The van der Waals surface area contributed by atoms with Gasteiger partial charge in [-0.3, -0.25) is 0 Å². The minimum absolute atomic E-state index is 0.0824. The number of halogens is 6. The summed E-state index contributed by atoms with van der Waals surface area (Å²) in [5.41, 5.74) is -1.79. The van der Waals surface area contributed by atoms with Gasteiger partial charge in [-0.15, -0.1) is 5.10 Å². The molecule has 0 saturated heterocycles. The summed E-state index contributed by atoms with van der Waals surface area (Å²) in [6.07, 6.45) is -3.40. The van der Waals surface area contributed by atoms with Gasteiger partial charge in [0.05, 0.1) is 0 Å². The van der Waals surface area contributed by atoms with E-state index in [0.29, 0.717) is 6.42 Å². The number of hydrogen-bond acceptors (Lipinski definition) is 2. The summed E-state index contributed by atoms with van der Waals surface area (Å²) in [5, 5.41) is 6.68. The first-order chi connectivity index (χ1) is 7.68. The summed E-state index contributed by atoms with van der Waals surface area (Å²) in [6, 6.07) is 0. The van der Waals surface area contributed by atoms with Gasteiger partial charge in [0.1, 0.15) is 5.69 Å². The Balaban J connectivity index is 3.21. The zero-order valence-corrected chi connectivity index (χ0v) is 11.0. The molecule has 0 radical (unpaired) electrons. The van der Waals surface area contributed by atoms with Crippen molar-refractivity contribution in [2.45, 2.75) is 36.3 Å². The van der Waals surface area contributed by atoms with E-state index in [1.807, 2.05) is 6.92 Å². The molecule has 0 atom stereocenters. The second-order valence-electron chi connectivity index (χ2n) is 3.36. The van der Waals surface area contributed by atoms with Gasteiger partial charge in [0.15, 0.2) is 5.69 Å². The Kier molecular flexibility index (Phi) is 4.54. The van der Waals surface area contributed by atoms with Gasteiger partial charge in [-0.1, -0.05) is 53.4 Å². The summed E-state index contributed by atoms with van der Waals surface area (Å²) in [4.78, 5) is 0. The van der Waals surface area contributed by atoms with Crippen LogP contribution in [0.3, 0.4) is 0 Å². The van der Waals surface area contributed by atoms with Crippen molar-refractivity contribution < 1.29 is 13.2 Å². The predicted molar refractivity (Wildman–Crippen MR) is 59.2 cm³/mol. The molecule has 0 aliphatic carbocycles. The zero-order valence-electron chi connectivity index (χ0n) is 8.73. The Labute approximate surface area is 111 Å². The van der Waals surface area contributed by atoms with Gasteiger partial charge in [0.25, 0.3) is 0 Å². The van der Waals surface area contributed by atoms with E-state index >= 15 is 0 Å². The van der Waals surface area contributed by atoms with E-state index in [4.69, 9.17) is 34.8 Å². The van der Waals surface area contributed by atoms with Crippen LogP contribution in [0.1, 0.15) is 31.2 Å². The summed E-state index contributed by atoms with van der Waals surface area (Å²) < 4.78 is 37.0. The number of nitrogens with zero attached hydrogens (tertiary/aromatic N) is 3. The molecule has 0 unspecified atom stereocenters. The normalized spacial score (nSPS) is 13.1. The van der Waals surface area contributed by atoms with Crippen LogP contribution in [0.2, 0.25) is 0 Å².